The summed E-state index contributed by atoms with van der Waals surface area (Å²) in [6.07, 6.45) is 0.0810. The van der Waals surface area contributed by atoms with Gasteiger partial charge in [-0.3, -0.25) is 0 Å². The monoisotopic (exact) mass is 324 g/mol. The number of unbranched alkanes of at least 4 members (excludes halogenated alkanes) is 3. The van der Waals surface area contributed by atoms with Gasteiger partial charge in [-0.25, -0.2) is 0 Å². The lowest BCUT2D eigenvalue weighted by Crippen LogP contribution is -2.18. The van der Waals surface area contributed by atoms with Gasteiger partial charge >= 0.3 is 6.36 Å². The molecule has 0 atom stereocenters. The summed E-state index contributed by atoms with van der Waals surface area (Å²) in [7, 11) is 0. The van der Waals surface area contributed by atoms with Gasteiger partial charge in [-0.15, -0.1) is 13.2 Å². The first-order valence-corrected chi connectivity index (χ1v) is 6.76. The van der Waals surface area contributed by atoms with Gasteiger partial charge in [0.15, 0.2) is 0 Å². The van der Waals surface area contributed by atoms with E-state index in [9.17, 15) is 13.2 Å². The normalized spacial score (nSPS) is 11.6. The van der Waals surface area contributed by atoms with Gasteiger partial charge < -0.3 is 4.74 Å². The molecule has 1 aromatic carbocycles. The molecular formula is C13H16BrF3O. The van der Waals surface area contributed by atoms with Crippen molar-refractivity contribution >= 4 is 15.9 Å². The number of alkyl halides is 3. The van der Waals surface area contributed by atoms with Crippen molar-refractivity contribution in [1.82, 2.24) is 0 Å². The molecule has 0 unspecified atom stereocenters. The molecule has 0 saturated heterocycles. The van der Waals surface area contributed by atoms with Gasteiger partial charge in [0.2, 0.25) is 0 Å². The van der Waals surface area contributed by atoms with E-state index in [0.29, 0.717) is 16.5 Å². The fraction of sp³-hybridized carbons (Fsp3) is 0.538. The van der Waals surface area contributed by atoms with Crippen molar-refractivity contribution in [2.24, 2.45) is 0 Å². The largest absolute Gasteiger partial charge is 0.573 e. The number of halogens is 4. The highest BCUT2D eigenvalue weighted by Crippen LogP contribution is 2.30. The van der Waals surface area contributed by atoms with E-state index in [1.54, 1.807) is 12.1 Å². The van der Waals surface area contributed by atoms with Crippen LogP contribution < -0.4 is 4.74 Å². The van der Waals surface area contributed by atoms with Crippen LogP contribution in [0.4, 0.5) is 13.2 Å². The summed E-state index contributed by atoms with van der Waals surface area (Å²) in [5, 5.41) is 0. The van der Waals surface area contributed by atoms with E-state index in [2.05, 4.69) is 27.6 Å². The van der Waals surface area contributed by atoms with Gasteiger partial charge in [0, 0.05) is 4.47 Å². The highest BCUT2D eigenvalue weighted by atomic mass is 79.9. The lowest BCUT2D eigenvalue weighted by Gasteiger charge is -2.13. The Hall–Kier alpha value is -0.710. The lowest BCUT2D eigenvalue weighted by atomic mass is 10.1. The van der Waals surface area contributed by atoms with Crippen LogP contribution in [0.1, 0.15) is 38.2 Å². The Labute approximate surface area is 113 Å². The van der Waals surface area contributed by atoms with Crippen molar-refractivity contribution in [3.63, 3.8) is 0 Å². The predicted octanol–water partition coefficient (Wildman–Crippen LogP) is 5.47. The van der Waals surface area contributed by atoms with E-state index in [4.69, 9.17) is 0 Å². The van der Waals surface area contributed by atoms with Crippen LogP contribution >= 0.6 is 15.9 Å². The summed E-state index contributed by atoms with van der Waals surface area (Å²) in [4.78, 5) is 0. The first-order chi connectivity index (χ1) is 8.42. The van der Waals surface area contributed by atoms with Crippen molar-refractivity contribution in [2.75, 3.05) is 0 Å². The molecular weight excluding hydrogens is 309 g/mol. The average molecular weight is 325 g/mol. The van der Waals surface area contributed by atoms with Crippen LogP contribution in [0.25, 0.3) is 0 Å². The quantitative estimate of drug-likeness (QED) is 0.630. The fourth-order valence-electron chi connectivity index (χ4n) is 1.70. The van der Waals surface area contributed by atoms with E-state index >= 15 is 0 Å². The Morgan fingerprint density at radius 1 is 1.17 bits per heavy atom. The molecule has 1 aromatic rings. The molecule has 0 amide bonds. The Bertz CT molecular complexity index is 377. The summed E-state index contributed by atoms with van der Waals surface area (Å²) in [6, 6.07) is 4.78. The summed E-state index contributed by atoms with van der Waals surface area (Å²) in [6.45, 7) is 2.10. The maximum Gasteiger partial charge on any atom is 0.573 e. The average Bonchev–Trinajstić information content (AvgIpc) is 2.24. The first kappa shape index (κ1) is 15.3. The first-order valence-electron chi connectivity index (χ1n) is 5.96. The Kier molecular flexibility index (Phi) is 5.99. The highest BCUT2D eigenvalue weighted by Gasteiger charge is 2.32. The zero-order chi connectivity index (χ0) is 13.6. The molecule has 0 bridgehead atoms. The van der Waals surface area contributed by atoms with E-state index in [-0.39, 0.29) is 5.75 Å². The van der Waals surface area contributed by atoms with Crippen molar-refractivity contribution in [3.05, 3.63) is 28.2 Å². The molecule has 1 rings (SSSR count). The van der Waals surface area contributed by atoms with E-state index in [0.717, 1.165) is 25.7 Å². The van der Waals surface area contributed by atoms with Crippen molar-refractivity contribution in [3.8, 4) is 5.75 Å². The molecule has 1 nitrogen and oxygen atoms in total. The number of aryl methyl sites for hydroxylation is 1. The standard InChI is InChI=1S/C13H16BrF3O/c1-2-3-4-5-6-10-7-8-11(14)9-12(10)18-13(15,16)17/h7-9H,2-6H2,1H3. The van der Waals surface area contributed by atoms with Crippen LogP contribution in [0.15, 0.2) is 22.7 Å². The molecule has 0 aliphatic rings. The van der Waals surface area contributed by atoms with Gasteiger partial charge in [-0.1, -0.05) is 48.2 Å². The van der Waals surface area contributed by atoms with Crippen LogP contribution in [0, 0.1) is 0 Å². The lowest BCUT2D eigenvalue weighted by molar-refractivity contribution is -0.274. The number of hydrogen-bond donors (Lipinski definition) is 0. The third kappa shape index (κ3) is 5.76. The minimum absolute atomic E-state index is 0.103. The number of ether oxygens (including phenoxy) is 1. The second-order valence-corrected chi connectivity index (χ2v) is 5.03. The highest BCUT2D eigenvalue weighted by molar-refractivity contribution is 9.10. The fourth-order valence-corrected chi connectivity index (χ4v) is 2.04. The molecule has 0 aliphatic heterocycles. The summed E-state index contributed by atoms with van der Waals surface area (Å²) < 4.78 is 41.4. The second kappa shape index (κ2) is 7.02. The van der Waals surface area contributed by atoms with Crippen LogP contribution in [-0.4, -0.2) is 6.36 Å². The maximum absolute atomic E-state index is 12.3. The van der Waals surface area contributed by atoms with E-state index in [1.807, 2.05) is 0 Å². The van der Waals surface area contributed by atoms with Gasteiger partial charge in [0.1, 0.15) is 5.75 Å². The van der Waals surface area contributed by atoms with Crippen molar-refractivity contribution in [1.29, 1.82) is 0 Å². The Balaban J connectivity index is 2.70. The van der Waals surface area contributed by atoms with Crippen molar-refractivity contribution < 1.29 is 17.9 Å². The predicted molar refractivity (Wildman–Crippen MR) is 68.7 cm³/mol. The molecule has 0 saturated carbocycles. The summed E-state index contributed by atoms with van der Waals surface area (Å²) >= 11 is 3.15. The molecule has 0 heterocycles. The molecule has 0 aliphatic carbocycles. The minimum atomic E-state index is -4.64. The summed E-state index contributed by atoms with van der Waals surface area (Å²) in [5.74, 6) is -0.103. The second-order valence-electron chi connectivity index (χ2n) is 4.11. The minimum Gasteiger partial charge on any atom is -0.405 e. The third-order valence-electron chi connectivity index (χ3n) is 2.55. The zero-order valence-electron chi connectivity index (χ0n) is 10.2. The number of hydrogen-bond acceptors (Lipinski definition) is 1. The van der Waals surface area contributed by atoms with Crippen LogP contribution in [-0.2, 0) is 6.42 Å². The van der Waals surface area contributed by atoms with E-state index in [1.165, 1.54) is 6.07 Å². The molecule has 0 radical (unpaired) electrons. The van der Waals surface area contributed by atoms with Crippen LogP contribution in [0.3, 0.4) is 0 Å². The SMILES string of the molecule is CCCCCCc1ccc(Br)cc1OC(F)(F)F. The van der Waals surface area contributed by atoms with Gasteiger partial charge in [0.25, 0.3) is 0 Å². The molecule has 0 N–H and O–H groups in total. The Morgan fingerprint density at radius 3 is 2.50 bits per heavy atom. The maximum atomic E-state index is 12.3. The molecule has 18 heavy (non-hydrogen) atoms. The topological polar surface area (TPSA) is 9.23 Å². The van der Waals surface area contributed by atoms with Gasteiger partial charge in [-0.05, 0) is 30.5 Å². The molecule has 0 aromatic heterocycles. The van der Waals surface area contributed by atoms with Gasteiger partial charge in [0.05, 0.1) is 0 Å². The summed E-state index contributed by atoms with van der Waals surface area (Å²) in [5.41, 5.74) is 0.603. The molecule has 5 heteroatoms. The smallest absolute Gasteiger partial charge is 0.405 e. The number of benzene rings is 1. The van der Waals surface area contributed by atoms with Gasteiger partial charge in [-0.2, -0.15) is 0 Å². The molecule has 0 fully saturated rings. The van der Waals surface area contributed by atoms with E-state index < -0.39 is 6.36 Å². The van der Waals surface area contributed by atoms with Crippen molar-refractivity contribution in [2.45, 2.75) is 45.4 Å². The third-order valence-corrected chi connectivity index (χ3v) is 3.05. The zero-order valence-corrected chi connectivity index (χ0v) is 11.8. The number of rotatable bonds is 6. The molecule has 0 spiro atoms. The molecule has 102 valence electrons. The van der Waals surface area contributed by atoms with Crippen LogP contribution in [0.5, 0.6) is 5.75 Å². The van der Waals surface area contributed by atoms with Crippen LogP contribution in [0.2, 0.25) is 0 Å². The Morgan fingerprint density at radius 2 is 1.89 bits per heavy atom.